The highest BCUT2D eigenvalue weighted by Crippen LogP contribution is 2.38. The lowest BCUT2D eigenvalue weighted by atomic mass is 10.0. The Hall–Kier alpha value is -2.73. The molecule has 1 aromatic rings. The minimum Gasteiger partial charge on any atom is -0.450 e. The number of nitrogens with zero attached hydrogens (tertiary/aromatic N) is 5. The normalized spacial score (nSPS) is 21.3. The lowest BCUT2D eigenvalue weighted by Gasteiger charge is -2.37. The van der Waals surface area contributed by atoms with Crippen LogP contribution >= 0.6 is 0 Å². The zero-order valence-electron chi connectivity index (χ0n) is 17.6. The van der Waals surface area contributed by atoms with E-state index in [1.807, 2.05) is 4.90 Å². The molecular formula is C19H28N6O6. The quantitative estimate of drug-likeness (QED) is 0.538. The van der Waals surface area contributed by atoms with Gasteiger partial charge >= 0.3 is 11.8 Å². The van der Waals surface area contributed by atoms with E-state index >= 15 is 0 Å². The Kier molecular flexibility index (Phi) is 6.37. The maximum atomic E-state index is 11.9. The number of ether oxygens (including phenoxy) is 3. The van der Waals surface area contributed by atoms with Crippen LogP contribution in [-0.2, 0) is 14.2 Å². The molecule has 3 aliphatic rings. The second kappa shape index (κ2) is 9.18. The van der Waals surface area contributed by atoms with Gasteiger partial charge in [0.15, 0.2) is 5.79 Å². The van der Waals surface area contributed by atoms with Crippen molar-refractivity contribution >= 4 is 23.4 Å². The minimum absolute atomic E-state index is 0.0305. The first-order chi connectivity index (χ1) is 15.0. The molecule has 0 radical (unpaired) electrons. The SMILES string of the molecule is CCOC(=O)N1CCC(Nc2ncnc(N3CCC4(CC3)OCCO4)c2[N+](=O)[O-])CC1. The summed E-state index contributed by atoms with van der Waals surface area (Å²) < 4.78 is 16.5. The van der Waals surface area contributed by atoms with E-state index < -0.39 is 10.7 Å². The number of nitrogens with one attached hydrogen (secondary N) is 1. The highest BCUT2D eigenvalue weighted by molar-refractivity contribution is 5.71. The predicted octanol–water partition coefficient (Wildman–Crippen LogP) is 1.76. The Balaban J connectivity index is 1.43. The van der Waals surface area contributed by atoms with Crippen LogP contribution in [0, 0.1) is 10.1 Å². The van der Waals surface area contributed by atoms with Gasteiger partial charge in [-0.25, -0.2) is 14.8 Å². The first kappa shape index (κ1) is 21.5. The number of piperidine rings is 2. The van der Waals surface area contributed by atoms with E-state index in [0.29, 0.717) is 77.5 Å². The van der Waals surface area contributed by atoms with E-state index in [2.05, 4.69) is 15.3 Å². The van der Waals surface area contributed by atoms with Crippen molar-refractivity contribution in [2.24, 2.45) is 0 Å². The van der Waals surface area contributed by atoms with E-state index in [1.54, 1.807) is 11.8 Å². The van der Waals surface area contributed by atoms with Gasteiger partial charge in [-0.05, 0) is 19.8 Å². The fourth-order valence-electron chi connectivity index (χ4n) is 4.33. The van der Waals surface area contributed by atoms with Crippen molar-refractivity contribution in [1.82, 2.24) is 14.9 Å². The van der Waals surface area contributed by atoms with Gasteiger partial charge in [0, 0.05) is 45.1 Å². The molecule has 31 heavy (non-hydrogen) atoms. The van der Waals surface area contributed by atoms with Crippen molar-refractivity contribution in [3.05, 3.63) is 16.4 Å². The molecule has 0 saturated carbocycles. The molecule has 1 amide bonds. The average molecular weight is 436 g/mol. The number of anilines is 2. The lowest BCUT2D eigenvalue weighted by Crippen LogP contribution is -2.45. The summed E-state index contributed by atoms with van der Waals surface area (Å²) in [5.41, 5.74) is -0.125. The van der Waals surface area contributed by atoms with Gasteiger partial charge in [0.1, 0.15) is 6.33 Å². The van der Waals surface area contributed by atoms with Crippen LogP contribution < -0.4 is 10.2 Å². The molecule has 1 spiro atoms. The Bertz CT molecular complexity index is 799. The number of carbonyl (C=O) groups excluding carboxylic acids is 1. The summed E-state index contributed by atoms with van der Waals surface area (Å²) in [6.45, 7) is 5.42. The van der Waals surface area contributed by atoms with Crippen molar-refractivity contribution in [1.29, 1.82) is 0 Å². The molecule has 0 bridgehead atoms. The van der Waals surface area contributed by atoms with Crippen molar-refractivity contribution in [2.45, 2.75) is 44.4 Å². The molecule has 170 valence electrons. The maximum absolute atomic E-state index is 11.9. The van der Waals surface area contributed by atoms with Gasteiger partial charge in [0.05, 0.1) is 24.7 Å². The van der Waals surface area contributed by atoms with Gasteiger partial charge in [-0.3, -0.25) is 10.1 Å². The van der Waals surface area contributed by atoms with Crippen LogP contribution in [0.2, 0.25) is 0 Å². The van der Waals surface area contributed by atoms with Crippen LogP contribution in [-0.4, -0.2) is 83.7 Å². The Morgan fingerprint density at radius 2 is 1.94 bits per heavy atom. The van der Waals surface area contributed by atoms with Crippen molar-refractivity contribution in [3.8, 4) is 0 Å². The highest BCUT2D eigenvalue weighted by atomic mass is 16.7. The number of aromatic nitrogens is 2. The monoisotopic (exact) mass is 436 g/mol. The molecule has 0 atom stereocenters. The molecular weight excluding hydrogens is 408 g/mol. The summed E-state index contributed by atoms with van der Waals surface area (Å²) in [6, 6.07) is -0.0305. The van der Waals surface area contributed by atoms with Gasteiger partial charge in [0.25, 0.3) is 0 Å². The molecule has 12 heteroatoms. The third kappa shape index (κ3) is 4.64. The topological polar surface area (TPSA) is 132 Å². The molecule has 1 N–H and O–H groups in total. The number of hydrogen-bond acceptors (Lipinski definition) is 10. The second-order valence-electron chi connectivity index (χ2n) is 7.85. The molecule has 12 nitrogen and oxygen atoms in total. The first-order valence-electron chi connectivity index (χ1n) is 10.7. The maximum Gasteiger partial charge on any atom is 0.409 e. The van der Waals surface area contributed by atoms with Crippen LogP contribution in [0.15, 0.2) is 6.33 Å². The zero-order chi connectivity index (χ0) is 21.8. The van der Waals surface area contributed by atoms with Gasteiger partial charge in [-0.15, -0.1) is 0 Å². The van der Waals surface area contributed by atoms with Crippen molar-refractivity contribution < 1.29 is 23.9 Å². The first-order valence-corrected chi connectivity index (χ1v) is 10.7. The van der Waals surface area contributed by atoms with Gasteiger partial charge in [0.2, 0.25) is 11.6 Å². The van der Waals surface area contributed by atoms with E-state index in [1.165, 1.54) is 6.33 Å². The highest BCUT2D eigenvalue weighted by Gasteiger charge is 2.41. The van der Waals surface area contributed by atoms with Crippen LogP contribution in [0.25, 0.3) is 0 Å². The van der Waals surface area contributed by atoms with E-state index in [-0.39, 0.29) is 23.6 Å². The molecule has 4 heterocycles. The van der Waals surface area contributed by atoms with Crippen molar-refractivity contribution in [2.75, 3.05) is 56.2 Å². The molecule has 0 unspecified atom stereocenters. The summed E-state index contributed by atoms with van der Waals surface area (Å²) in [6.07, 6.45) is 3.58. The van der Waals surface area contributed by atoms with Crippen LogP contribution in [0.5, 0.6) is 0 Å². The van der Waals surface area contributed by atoms with Crippen molar-refractivity contribution in [3.63, 3.8) is 0 Å². The Morgan fingerprint density at radius 3 is 2.55 bits per heavy atom. The third-order valence-electron chi connectivity index (χ3n) is 5.99. The largest absolute Gasteiger partial charge is 0.450 e. The number of nitro groups is 1. The van der Waals surface area contributed by atoms with Gasteiger partial charge in [-0.2, -0.15) is 0 Å². The number of hydrogen-bond donors (Lipinski definition) is 1. The summed E-state index contributed by atoms with van der Waals surface area (Å²) in [5.74, 6) is -0.0516. The van der Waals surface area contributed by atoms with E-state index in [4.69, 9.17) is 14.2 Å². The lowest BCUT2D eigenvalue weighted by molar-refractivity contribution is -0.383. The Morgan fingerprint density at radius 1 is 1.26 bits per heavy atom. The van der Waals surface area contributed by atoms with Gasteiger partial charge < -0.3 is 29.3 Å². The number of likely N-dealkylation sites (tertiary alicyclic amines) is 1. The minimum atomic E-state index is -0.563. The van der Waals surface area contributed by atoms with E-state index in [9.17, 15) is 14.9 Å². The average Bonchev–Trinajstić information content (AvgIpc) is 3.22. The van der Waals surface area contributed by atoms with Gasteiger partial charge in [-0.1, -0.05) is 0 Å². The molecule has 4 rings (SSSR count). The summed E-state index contributed by atoms with van der Waals surface area (Å²) in [7, 11) is 0. The Labute approximate surface area is 180 Å². The second-order valence-corrected chi connectivity index (χ2v) is 7.85. The number of rotatable bonds is 5. The third-order valence-corrected chi connectivity index (χ3v) is 5.99. The summed E-state index contributed by atoms with van der Waals surface area (Å²) in [4.78, 5) is 35.3. The molecule has 3 aliphatic heterocycles. The van der Waals surface area contributed by atoms with Crippen LogP contribution in [0.4, 0.5) is 22.1 Å². The molecule has 3 fully saturated rings. The van der Waals surface area contributed by atoms with E-state index in [0.717, 1.165) is 0 Å². The smallest absolute Gasteiger partial charge is 0.409 e. The summed E-state index contributed by atoms with van der Waals surface area (Å²) in [5, 5.41) is 15.1. The molecule has 0 aliphatic carbocycles. The molecule has 1 aromatic heterocycles. The molecule has 0 aromatic carbocycles. The predicted molar refractivity (Wildman–Crippen MR) is 110 cm³/mol. The standard InChI is InChI=1S/C19H28N6O6/c1-2-29-18(26)24-7-3-14(4-8-24)22-16-15(25(27)28)17(21-13-20-16)23-9-5-19(6-10-23)30-11-12-31-19/h13-14H,2-12H2,1H3,(H,20,21,22). The molecule has 3 saturated heterocycles. The van der Waals surface area contributed by atoms with Crippen LogP contribution in [0.3, 0.4) is 0 Å². The van der Waals surface area contributed by atoms with Crippen LogP contribution in [0.1, 0.15) is 32.6 Å². The number of carbonyl (C=O) groups is 1. The number of amides is 1. The fraction of sp³-hybridized carbons (Fsp3) is 0.737. The zero-order valence-corrected chi connectivity index (χ0v) is 17.6. The fourth-order valence-corrected chi connectivity index (χ4v) is 4.33. The summed E-state index contributed by atoms with van der Waals surface area (Å²) >= 11 is 0.